The Morgan fingerprint density at radius 2 is 1.77 bits per heavy atom. The van der Waals surface area contributed by atoms with Gasteiger partial charge in [-0.1, -0.05) is 15.9 Å². The van der Waals surface area contributed by atoms with Crippen LogP contribution >= 0.6 is 15.9 Å². The molecule has 3 aromatic rings. The van der Waals surface area contributed by atoms with Crippen LogP contribution in [0.3, 0.4) is 0 Å². The molecule has 0 saturated heterocycles. The van der Waals surface area contributed by atoms with E-state index in [1.807, 2.05) is 12.1 Å². The Bertz CT molecular complexity index is 927. The third-order valence-corrected chi connectivity index (χ3v) is 4.17. The lowest BCUT2D eigenvalue weighted by Crippen LogP contribution is -2.31. The molecule has 2 aromatic carbocycles. The fourth-order valence-electron chi connectivity index (χ4n) is 2.33. The van der Waals surface area contributed by atoms with Gasteiger partial charge in [-0.2, -0.15) is 5.10 Å². The van der Waals surface area contributed by atoms with E-state index >= 15 is 0 Å². The van der Waals surface area contributed by atoms with E-state index in [9.17, 15) is 14.3 Å². The van der Waals surface area contributed by atoms with Crippen molar-refractivity contribution in [3.63, 3.8) is 0 Å². The predicted octanol–water partition coefficient (Wildman–Crippen LogP) is 3.25. The van der Waals surface area contributed by atoms with Crippen molar-refractivity contribution in [1.82, 2.24) is 9.78 Å². The Hall–Kier alpha value is -2.51. The average Bonchev–Trinajstić information content (AvgIpc) is 2.64. The molecule has 5 nitrogen and oxygen atoms in total. The van der Waals surface area contributed by atoms with Crippen molar-refractivity contribution in [2.24, 2.45) is 0 Å². The molecule has 1 atom stereocenters. The molecule has 134 valence electrons. The highest BCUT2D eigenvalue weighted by atomic mass is 79.9. The van der Waals surface area contributed by atoms with Gasteiger partial charge in [0, 0.05) is 16.1 Å². The number of halogens is 2. The van der Waals surface area contributed by atoms with Gasteiger partial charge in [0.05, 0.1) is 12.2 Å². The Morgan fingerprint density at radius 1 is 1.08 bits per heavy atom. The quantitative estimate of drug-likeness (QED) is 0.667. The fraction of sp³-hybridized carbons (Fsp3) is 0.158. The van der Waals surface area contributed by atoms with Crippen LogP contribution in [0.2, 0.25) is 0 Å². The Balaban J connectivity index is 1.68. The molecular formula is C19H16BrFN2O3. The topological polar surface area (TPSA) is 64.4 Å². The zero-order valence-electron chi connectivity index (χ0n) is 13.7. The number of aliphatic hydroxyl groups is 1. The molecule has 0 amide bonds. The summed E-state index contributed by atoms with van der Waals surface area (Å²) in [7, 11) is 0. The maximum Gasteiger partial charge on any atom is 0.266 e. The van der Waals surface area contributed by atoms with Gasteiger partial charge in [0.2, 0.25) is 0 Å². The van der Waals surface area contributed by atoms with Gasteiger partial charge in [-0.3, -0.25) is 4.79 Å². The zero-order chi connectivity index (χ0) is 18.5. The van der Waals surface area contributed by atoms with E-state index in [0.29, 0.717) is 17.0 Å². The van der Waals surface area contributed by atoms with Gasteiger partial charge in [-0.15, -0.1) is 0 Å². The summed E-state index contributed by atoms with van der Waals surface area (Å²) in [5.74, 6) is 0.273. The molecule has 3 rings (SSSR count). The fourth-order valence-corrected chi connectivity index (χ4v) is 2.59. The highest BCUT2D eigenvalue weighted by Gasteiger charge is 2.10. The molecule has 1 heterocycles. The average molecular weight is 419 g/mol. The first-order valence-corrected chi connectivity index (χ1v) is 8.71. The first-order valence-electron chi connectivity index (χ1n) is 7.92. The van der Waals surface area contributed by atoms with E-state index < -0.39 is 6.10 Å². The standard InChI is InChI=1S/C19H16BrFN2O3/c20-14-3-7-17(8-4-14)26-12-16(24)11-23-19(25)10-9-18(22-23)13-1-5-15(21)6-2-13/h1-10,16,24H,11-12H2. The number of hydrogen-bond donors (Lipinski definition) is 1. The number of aromatic nitrogens is 2. The molecule has 0 spiro atoms. The number of rotatable bonds is 6. The van der Waals surface area contributed by atoms with Crippen LogP contribution < -0.4 is 10.3 Å². The third-order valence-electron chi connectivity index (χ3n) is 3.65. The molecule has 1 N–H and O–H groups in total. The van der Waals surface area contributed by atoms with Crippen LogP contribution in [-0.4, -0.2) is 27.6 Å². The summed E-state index contributed by atoms with van der Waals surface area (Å²) in [5, 5.41) is 14.4. The molecule has 1 unspecified atom stereocenters. The van der Waals surface area contributed by atoms with Crippen LogP contribution in [0, 0.1) is 5.82 Å². The molecule has 0 aliphatic rings. The van der Waals surface area contributed by atoms with E-state index in [1.54, 1.807) is 30.3 Å². The Labute approximate surface area is 157 Å². The first kappa shape index (κ1) is 18.3. The molecule has 0 saturated carbocycles. The van der Waals surface area contributed by atoms with E-state index in [2.05, 4.69) is 21.0 Å². The van der Waals surface area contributed by atoms with Crippen LogP contribution in [0.5, 0.6) is 5.75 Å². The molecule has 0 radical (unpaired) electrons. The second-order valence-electron chi connectivity index (χ2n) is 5.66. The second-order valence-corrected chi connectivity index (χ2v) is 6.58. The van der Waals surface area contributed by atoms with Gasteiger partial charge in [0.1, 0.15) is 24.3 Å². The maximum atomic E-state index is 13.0. The number of benzene rings is 2. The lowest BCUT2D eigenvalue weighted by Gasteiger charge is -2.14. The number of hydrogen-bond acceptors (Lipinski definition) is 4. The van der Waals surface area contributed by atoms with Crippen molar-refractivity contribution in [2.45, 2.75) is 12.6 Å². The van der Waals surface area contributed by atoms with Gasteiger partial charge in [0.25, 0.3) is 5.56 Å². The van der Waals surface area contributed by atoms with E-state index in [-0.39, 0.29) is 24.5 Å². The molecule has 1 aromatic heterocycles. The smallest absolute Gasteiger partial charge is 0.266 e. The van der Waals surface area contributed by atoms with Gasteiger partial charge in [0.15, 0.2) is 0 Å². The van der Waals surface area contributed by atoms with Gasteiger partial charge in [-0.05, 0) is 54.6 Å². The summed E-state index contributed by atoms with van der Waals surface area (Å²) in [6.45, 7) is 0.0148. The van der Waals surface area contributed by atoms with Crippen LogP contribution in [0.1, 0.15) is 0 Å². The Kier molecular flexibility index (Phi) is 5.80. The van der Waals surface area contributed by atoms with E-state index in [0.717, 1.165) is 4.47 Å². The summed E-state index contributed by atoms with van der Waals surface area (Å²) >= 11 is 3.34. The highest BCUT2D eigenvalue weighted by Crippen LogP contribution is 2.17. The number of ether oxygens (including phenoxy) is 1. The maximum absolute atomic E-state index is 13.0. The summed E-state index contributed by atoms with van der Waals surface area (Å²) in [4.78, 5) is 12.0. The van der Waals surface area contributed by atoms with Crippen molar-refractivity contribution in [2.75, 3.05) is 6.61 Å². The molecule has 0 fully saturated rings. The third kappa shape index (κ3) is 4.77. The lowest BCUT2D eigenvalue weighted by molar-refractivity contribution is 0.0880. The van der Waals surface area contributed by atoms with Crippen LogP contribution in [0.25, 0.3) is 11.3 Å². The van der Waals surface area contributed by atoms with Crippen LogP contribution in [0.4, 0.5) is 4.39 Å². The second kappa shape index (κ2) is 8.25. The molecular weight excluding hydrogens is 403 g/mol. The molecule has 0 aliphatic heterocycles. The number of nitrogens with zero attached hydrogens (tertiary/aromatic N) is 2. The Morgan fingerprint density at radius 3 is 2.46 bits per heavy atom. The summed E-state index contributed by atoms with van der Waals surface area (Å²) in [6.07, 6.45) is -0.910. The summed E-state index contributed by atoms with van der Waals surface area (Å²) in [5.41, 5.74) is 0.866. The molecule has 7 heteroatoms. The van der Waals surface area contributed by atoms with Crippen LogP contribution in [0.15, 0.2) is 69.9 Å². The largest absolute Gasteiger partial charge is 0.491 e. The molecule has 0 bridgehead atoms. The monoisotopic (exact) mass is 418 g/mol. The molecule has 26 heavy (non-hydrogen) atoms. The minimum Gasteiger partial charge on any atom is -0.491 e. The SMILES string of the molecule is O=c1ccc(-c2ccc(F)cc2)nn1CC(O)COc1ccc(Br)cc1. The van der Waals surface area contributed by atoms with Crippen molar-refractivity contribution >= 4 is 15.9 Å². The van der Waals surface area contributed by atoms with Crippen LogP contribution in [-0.2, 0) is 6.54 Å². The minimum absolute atomic E-state index is 0.00953. The van der Waals surface area contributed by atoms with E-state index in [1.165, 1.54) is 22.9 Å². The summed E-state index contributed by atoms with van der Waals surface area (Å²) < 4.78 is 20.7. The summed E-state index contributed by atoms with van der Waals surface area (Å²) in [6, 6.07) is 16.0. The van der Waals surface area contributed by atoms with Crippen molar-refractivity contribution in [3.05, 3.63) is 81.3 Å². The van der Waals surface area contributed by atoms with Crippen molar-refractivity contribution in [3.8, 4) is 17.0 Å². The van der Waals surface area contributed by atoms with Gasteiger partial charge < -0.3 is 9.84 Å². The molecule has 0 aliphatic carbocycles. The van der Waals surface area contributed by atoms with Gasteiger partial charge in [-0.25, -0.2) is 9.07 Å². The van der Waals surface area contributed by atoms with Crippen molar-refractivity contribution in [1.29, 1.82) is 0 Å². The zero-order valence-corrected chi connectivity index (χ0v) is 15.3. The normalized spacial score (nSPS) is 12.0. The van der Waals surface area contributed by atoms with Crippen molar-refractivity contribution < 1.29 is 14.2 Å². The predicted molar refractivity (Wildman–Crippen MR) is 99.5 cm³/mol. The lowest BCUT2D eigenvalue weighted by atomic mass is 10.1. The van der Waals surface area contributed by atoms with E-state index in [4.69, 9.17) is 4.74 Å². The first-order chi connectivity index (χ1) is 12.5. The number of aliphatic hydroxyl groups excluding tert-OH is 1. The minimum atomic E-state index is -0.910. The van der Waals surface area contributed by atoms with Gasteiger partial charge >= 0.3 is 0 Å². The highest BCUT2D eigenvalue weighted by molar-refractivity contribution is 9.10.